The van der Waals surface area contributed by atoms with Gasteiger partial charge in [0.2, 0.25) is 0 Å². The zero-order valence-corrected chi connectivity index (χ0v) is 28.0. The molecule has 3 rings (SSSR count). The number of rotatable bonds is 12. The second-order valence-corrected chi connectivity index (χ2v) is 21.9. The molecule has 0 aliphatic carbocycles. The van der Waals surface area contributed by atoms with E-state index < -0.39 is 27.2 Å². The topological polar surface area (TPSA) is 38.3 Å². The van der Waals surface area contributed by atoms with Crippen LogP contribution >= 0.6 is 7.92 Å². The highest BCUT2D eigenvalue weighted by Crippen LogP contribution is 2.46. The van der Waals surface area contributed by atoms with Crippen LogP contribution < -0.4 is 19.8 Å². The minimum Gasteiger partial charge on any atom is -0.542 e. The minimum absolute atomic E-state index is 0.133. The van der Waals surface area contributed by atoms with Crippen LogP contribution in [0.2, 0.25) is 16.6 Å². The minimum atomic E-state index is -2.19. The second kappa shape index (κ2) is 13.7. The van der Waals surface area contributed by atoms with Crippen molar-refractivity contribution in [1.82, 2.24) is 4.72 Å². The van der Waals surface area contributed by atoms with Crippen LogP contribution in [0, 0.1) is 0 Å². The average Bonchev–Trinajstić information content (AvgIpc) is 2.89. The van der Waals surface area contributed by atoms with E-state index in [9.17, 15) is 4.21 Å². The molecule has 212 valence electrons. The lowest BCUT2D eigenvalue weighted by Crippen LogP contribution is -2.51. The summed E-state index contributed by atoms with van der Waals surface area (Å²) in [6.45, 7) is 20.0. The maximum absolute atomic E-state index is 13.6. The molecule has 3 aromatic carbocycles. The second-order valence-electron chi connectivity index (χ2n) is 12.3. The lowest BCUT2D eigenvalue weighted by atomic mass is 10.1. The molecule has 0 saturated heterocycles. The van der Waals surface area contributed by atoms with Crippen molar-refractivity contribution in [2.24, 2.45) is 0 Å². The van der Waals surface area contributed by atoms with Crippen molar-refractivity contribution in [2.75, 3.05) is 6.16 Å². The van der Waals surface area contributed by atoms with Gasteiger partial charge in [0.25, 0.3) is 8.32 Å². The van der Waals surface area contributed by atoms with Crippen molar-refractivity contribution in [3.8, 4) is 5.75 Å². The Kier molecular flexibility index (Phi) is 11.2. The molecule has 0 aliphatic heterocycles. The van der Waals surface area contributed by atoms with E-state index in [2.05, 4.69) is 131 Å². The SMILES string of the molecule is CC(C)[Si](Oc1ccccc1[C@@H](CP(c1ccccc1)c1ccccc1)NS(=O)C(C)(C)C)(C(C)C)C(C)C. The van der Waals surface area contributed by atoms with Gasteiger partial charge in [-0.25, -0.2) is 8.93 Å². The van der Waals surface area contributed by atoms with E-state index in [0.717, 1.165) is 17.5 Å². The van der Waals surface area contributed by atoms with Crippen LogP contribution in [-0.4, -0.2) is 23.4 Å². The molecule has 0 aromatic heterocycles. The third kappa shape index (κ3) is 7.70. The van der Waals surface area contributed by atoms with Crippen LogP contribution in [0.4, 0.5) is 0 Å². The van der Waals surface area contributed by atoms with Crippen molar-refractivity contribution in [3.05, 3.63) is 90.5 Å². The quantitative estimate of drug-likeness (QED) is 0.172. The molecule has 0 amide bonds. The zero-order chi connectivity index (χ0) is 28.8. The van der Waals surface area contributed by atoms with Gasteiger partial charge in [0.15, 0.2) is 0 Å². The van der Waals surface area contributed by atoms with Gasteiger partial charge in [-0.2, -0.15) is 0 Å². The normalized spacial score (nSPS) is 14.3. The predicted octanol–water partition coefficient (Wildman–Crippen LogP) is 8.47. The molecule has 0 heterocycles. The first kappa shape index (κ1) is 31.7. The Balaban J connectivity index is 2.15. The summed E-state index contributed by atoms with van der Waals surface area (Å²) in [5.74, 6) is 0.944. The third-order valence-corrected chi connectivity index (χ3v) is 17.8. The number of para-hydroxylation sites is 1. The van der Waals surface area contributed by atoms with Gasteiger partial charge in [-0.3, -0.25) is 0 Å². The Morgan fingerprint density at radius 3 is 1.62 bits per heavy atom. The van der Waals surface area contributed by atoms with Gasteiger partial charge in [0.1, 0.15) is 5.75 Å². The lowest BCUT2D eigenvalue weighted by Gasteiger charge is -2.43. The van der Waals surface area contributed by atoms with E-state index in [-0.39, 0.29) is 10.8 Å². The molecule has 3 aromatic rings. The molecule has 3 nitrogen and oxygen atoms in total. The number of hydrogen-bond donors (Lipinski definition) is 1. The number of hydrogen-bond acceptors (Lipinski definition) is 2. The first-order valence-corrected chi connectivity index (χ1v) is 19.0. The molecular formula is C33H48NO2PSSi. The summed E-state index contributed by atoms with van der Waals surface area (Å²) in [5, 5.41) is 2.64. The molecule has 0 fully saturated rings. The monoisotopic (exact) mass is 581 g/mol. The first-order chi connectivity index (χ1) is 18.4. The van der Waals surface area contributed by atoms with Crippen molar-refractivity contribution < 1.29 is 8.63 Å². The van der Waals surface area contributed by atoms with Gasteiger partial charge in [0.05, 0.1) is 21.8 Å². The van der Waals surface area contributed by atoms with Gasteiger partial charge < -0.3 is 4.43 Å². The highest BCUT2D eigenvalue weighted by molar-refractivity contribution is 7.84. The van der Waals surface area contributed by atoms with Crippen LogP contribution in [0.5, 0.6) is 5.75 Å². The van der Waals surface area contributed by atoms with Crippen LogP contribution in [0.3, 0.4) is 0 Å². The Labute approximate surface area is 242 Å². The maximum Gasteiger partial charge on any atom is 0.258 e. The zero-order valence-electron chi connectivity index (χ0n) is 25.3. The fourth-order valence-corrected chi connectivity index (χ4v) is 14.3. The maximum atomic E-state index is 13.6. The number of benzene rings is 3. The standard InChI is InChI=1S/C33H48NO2PSSi/c1-25(2)39(26(3)4,27(5)6)36-32-23-17-16-22-30(32)31(34-38(35)33(7,8)9)24-37(28-18-12-10-13-19-28)29-20-14-11-15-21-29/h10-23,25-27,31,34H,24H2,1-9H3/t31-,38?/m1/s1. The molecule has 0 saturated carbocycles. The fourth-order valence-electron chi connectivity index (χ4n) is 5.67. The average molecular weight is 582 g/mol. The molecule has 2 atom stereocenters. The Bertz CT molecular complexity index is 1130. The Morgan fingerprint density at radius 2 is 1.18 bits per heavy atom. The summed E-state index contributed by atoms with van der Waals surface area (Å²) in [6.07, 6.45) is 0.825. The van der Waals surface area contributed by atoms with E-state index in [1.807, 2.05) is 20.8 Å². The van der Waals surface area contributed by atoms with Gasteiger partial charge >= 0.3 is 0 Å². The summed E-state index contributed by atoms with van der Waals surface area (Å²) in [6, 6.07) is 29.9. The van der Waals surface area contributed by atoms with Crippen LogP contribution in [0.15, 0.2) is 84.9 Å². The van der Waals surface area contributed by atoms with E-state index in [1.54, 1.807) is 0 Å². The van der Waals surface area contributed by atoms with Crippen molar-refractivity contribution in [1.29, 1.82) is 0 Å². The molecule has 0 radical (unpaired) electrons. The van der Waals surface area contributed by atoms with Gasteiger partial charge in [0, 0.05) is 5.56 Å². The van der Waals surface area contributed by atoms with Crippen LogP contribution in [-0.2, 0) is 11.0 Å². The van der Waals surface area contributed by atoms with Gasteiger partial charge in [-0.1, -0.05) is 120 Å². The molecule has 0 spiro atoms. The molecule has 1 unspecified atom stereocenters. The van der Waals surface area contributed by atoms with Crippen molar-refractivity contribution in [3.63, 3.8) is 0 Å². The van der Waals surface area contributed by atoms with E-state index >= 15 is 0 Å². The third-order valence-electron chi connectivity index (χ3n) is 7.59. The first-order valence-electron chi connectivity index (χ1n) is 14.2. The lowest BCUT2D eigenvalue weighted by molar-refractivity contribution is 0.469. The van der Waals surface area contributed by atoms with E-state index in [1.165, 1.54) is 10.6 Å². The molecular weight excluding hydrogens is 533 g/mol. The van der Waals surface area contributed by atoms with Gasteiger partial charge in [-0.15, -0.1) is 0 Å². The molecule has 6 heteroatoms. The summed E-state index contributed by atoms with van der Waals surface area (Å²) in [7, 11) is -4.13. The largest absolute Gasteiger partial charge is 0.542 e. The number of nitrogens with one attached hydrogen (secondary N) is 1. The van der Waals surface area contributed by atoms with Crippen LogP contribution in [0.25, 0.3) is 0 Å². The van der Waals surface area contributed by atoms with Crippen molar-refractivity contribution >= 4 is 37.8 Å². The molecule has 0 aliphatic rings. The molecule has 0 bridgehead atoms. The summed E-state index contributed by atoms with van der Waals surface area (Å²) in [4.78, 5) is 0. The Hall–Kier alpha value is -1.78. The Morgan fingerprint density at radius 1 is 0.744 bits per heavy atom. The molecule has 39 heavy (non-hydrogen) atoms. The highest BCUT2D eigenvalue weighted by Gasteiger charge is 2.47. The van der Waals surface area contributed by atoms with Crippen LogP contribution in [0.1, 0.15) is 73.9 Å². The predicted molar refractivity (Wildman–Crippen MR) is 176 cm³/mol. The summed E-state index contributed by atoms with van der Waals surface area (Å²) < 4.78 is 24.1. The summed E-state index contributed by atoms with van der Waals surface area (Å²) >= 11 is 0. The van der Waals surface area contributed by atoms with Crippen molar-refractivity contribution in [2.45, 2.75) is 89.7 Å². The van der Waals surface area contributed by atoms with E-state index in [0.29, 0.717) is 16.6 Å². The smallest absolute Gasteiger partial charge is 0.258 e. The highest BCUT2D eigenvalue weighted by atomic mass is 32.2. The fraction of sp³-hybridized carbons (Fsp3) is 0.455. The van der Waals surface area contributed by atoms with E-state index in [4.69, 9.17) is 4.43 Å². The summed E-state index contributed by atoms with van der Waals surface area (Å²) in [5.41, 5.74) is 2.50. The molecule has 1 N–H and O–H groups in total. The van der Waals surface area contributed by atoms with Gasteiger partial charge in [-0.05, 0) is 68.2 Å².